The Hall–Kier alpha value is -1.55. The molecule has 1 aromatic rings. The molecule has 4 nitrogen and oxygen atoms in total. The van der Waals surface area contributed by atoms with Gasteiger partial charge in [-0.2, -0.15) is 0 Å². The number of nitrogens with zero attached hydrogens (tertiary/aromatic N) is 1. The van der Waals surface area contributed by atoms with Crippen LogP contribution in [0, 0.1) is 0 Å². The Labute approximate surface area is 122 Å². The van der Waals surface area contributed by atoms with E-state index >= 15 is 0 Å². The van der Waals surface area contributed by atoms with Gasteiger partial charge < -0.3 is 15.5 Å². The smallest absolute Gasteiger partial charge is 0.237 e. The zero-order valence-corrected chi connectivity index (χ0v) is 13.4. The Morgan fingerprint density at radius 2 is 1.75 bits per heavy atom. The molecule has 20 heavy (non-hydrogen) atoms. The van der Waals surface area contributed by atoms with Crippen LogP contribution in [0.1, 0.15) is 33.3 Å². The third-order valence-corrected chi connectivity index (χ3v) is 2.96. The third kappa shape index (κ3) is 5.61. The number of carbonyl (C=O) groups excluding carboxylic acids is 1. The van der Waals surface area contributed by atoms with Crippen LogP contribution in [0.2, 0.25) is 0 Å². The van der Waals surface area contributed by atoms with E-state index in [9.17, 15) is 4.79 Å². The van der Waals surface area contributed by atoms with Crippen molar-refractivity contribution in [2.75, 3.05) is 19.0 Å². The minimum atomic E-state index is -0.206. The summed E-state index contributed by atoms with van der Waals surface area (Å²) in [5, 5.41) is 6.22. The average molecular weight is 277 g/mol. The van der Waals surface area contributed by atoms with E-state index in [1.54, 1.807) is 0 Å². The van der Waals surface area contributed by atoms with Crippen molar-refractivity contribution in [1.29, 1.82) is 0 Å². The zero-order chi connectivity index (χ0) is 15.3. The maximum atomic E-state index is 11.9. The Bertz CT molecular complexity index is 432. The van der Waals surface area contributed by atoms with Gasteiger partial charge >= 0.3 is 0 Å². The Balaban J connectivity index is 2.48. The molecule has 1 atom stereocenters. The van der Waals surface area contributed by atoms with E-state index in [1.807, 2.05) is 41.8 Å². The molecule has 0 saturated carbocycles. The lowest BCUT2D eigenvalue weighted by atomic mass is 10.1. The molecule has 0 aliphatic carbocycles. The topological polar surface area (TPSA) is 44.4 Å². The Morgan fingerprint density at radius 3 is 2.20 bits per heavy atom. The van der Waals surface area contributed by atoms with Gasteiger partial charge in [0.25, 0.3) is 0 Å². The minimum absolute atomic E-state index is 0.0300. The third-order valence-electron chi connectivity index (χ3n) is 2.96. The van der Waals surface area contributed by atoms with Gasteiger partial charge in [0.2, 0.25) is 5.91 Å². The first-order chi connectivity index (χ1) is 9.19. The molecule has 1 amide bonds. The molecule has 0 aliphatic heterocycles. The largest absolute Gasteiger partial charge is 0.378 e. The maximum absolute atomic E-state index is 11.9. The summed E-state index contributed by atoms with van der Waals surface area (Å²) >= 11 is 0. The quantitative estimate of drug-likeness (QED) is 0.867. The number of hydrogen-bond acceptors (Lipinski definition) is 3. The second kappa shape index (κ2) is 6.75. The summed E-state index contributed by atoms with van der Waals surface area (Å²) in [4.78, 5) is 14.0. The van der Waals surface area contributed by atoms with Crippen molar-refractivity contribution < 1.29 is 4.79 Å². The molecule has 0 fully saturated rings. The molecule has 0 saturated heterocycles. The summed E-state index contributed by atoms with van der Waals surface area (Å²) in [7, 11) is 4.04. The van der Waals surface area contributed by atoms with E-state index in [2.05, 4.69) is 39.8 Å². The summed E-state index contributed by atoms with van der Waals surface area (Å²) in [5.41, 5.74) is 2.15. The molecule has 1 rings (SSSR count). The molecule has 0 heterocycles. The molecule has 4 heteroatoms. The van der Waals surface area contributed by atoms with Gasteiger partial charge in [-0.1, -0.05) is 12.1 Å². The molecule has 1 aromatic carbocycles. The van der Waals surface area contributed by atoms with Gasteiger partial charge in [-0.3, -0.25) is 4.79 Å². The van der Waals surface area contributed by atoms with Crippen LogP contribution in [0.3, 0.4) is 0 Å². The fourth-order valence-electron chi connectivity index (χ4n) is 1.75. The lowest BCUT2D eigenvalue weighted by Crippen LogP contribution is -2.49. The predicted octanol–water partition coefficient (Wildman–Crippen LogP) is 2.15. The SMILES string of the molecule is CC(NCc1ccc(N(C)C)cc1)C(=O)NC(C)(C)C. The summed E-state index contributed by atoms with van der Waals surface area (Å²) in [6.07, 6.45) is 0. The molecule has 1 unspecified atom stereocenters. The van der Waals surface area contributed by atoms with E-state index in [4.69, 9.17) is 0 Å². The van der Waals surface area contributed by atoms with Crippen molar-refractivity contribution in [1.82, 2.24) is 10.6 Å². The number of carbonyl (C=O) groups is 1. The van der Waals surface area contributed by atoms with E-state index in [0.717, 1.165) is 0 Å². The fraction of sp³-hybridized carbons (Fsp3) is 0.562. The van der Waals surface area contributed by atoms with Crippen LogP contribution >= 0.6 is 0 Å². The molecular weight excluding hydrogens is 250 g/mol. The average Bonchev–Trinajstić information content (AvgIpc) is 2.34. The van der Waals surface area contributed by atoms with E-state index in [0.29, 0.717) is 6.54 Å². The van der Waals surface area contributed by atoms with Crippen LogP contribution in [0.5, 0.6) is 0 Å². The molecule has 2 N–H and O–H groups in total. The van der Waals surface area contributed by atoms with Gasteiger partial charge in [-0.05, 0) is 45.4 Å². The van der Waals surface area contributed by atoms with E-state index < -0.39 is 0 Å². The number of anilines is 1. The number of hydrogen-bond donors (Lipinski definition) is 2. The first kappa shape index (κ1) is 16.5. The van der Waals surface area contributed by atoms with Crippen LogP contribution in [0.15, 0.2) is 24.3 Å². The number of nitrogens with one attached hydrogen (secondary N) is 2. The van der Waals surface area contributed by atoms with Gasteiger partial charge in [-0.25, -0.2) is 0 Å². The molecule has 0 spiro atoms. The monoisotopic (exact) mass is 277 g/mol. The second-order valence-electron chi connectivity index (χ2n) is 6.40. The van der Waals surface area contributed by atoms with Crippen molar-refractivity contribution in [2.24, 2.45) is 0 Å². The highest BCUT2D eigenvalue weighted by atomic mass is 16.2. The predicted molar refractivity (Wildman–Crippen MR) is 85.0 cm³/mol. The van der Waals surface area contributed by atoms with Gasteiger partial charge in [0.15, 0.2) is 0 Å². The van der Waals surface area contributed by atoms with Crippen LogP contribution in [0.4, 0.5) is 5.69 Å². The van der Waals surface area contributed by atoms with Gasteiger partial charge in [0.1, 0.15) is 0 Å². The van der Waals surface area contributed by atoms with E-state index in [-0.39, 0.29) is 17.5 Å². The van der Waals surface area contributed by atoms with Gasteiger partial charge in [-0.15, -0.1) is 0 Å². The lowest BCUT2D eigenvalue weighted by Gasteiger charge is -2.23. The maximum Gasteiger partial charge on any atom is 0.237 e. The molecule has 0 radical (unpaired) electrons. The highest BCUT2D eigenvalue weighted by molar-refractivity contribution is 5.81. The van der Waals surface area contributed by atoms with Crippen LogP contribution in [-0.4, -0.2) is 31.6 Å². The van der Waals surface area contributed by atoms with Crippen molar-refractivity contribution in [3.63, 3.8) is 0 Å². The Morgan fingerprint density at radius 1 is 1.20 bits per heavy atom. The summed E-state index contributed by atoms with van der Waals surface area (Å²) in [5.74, 6) is 0.0300. The highest BCUT2D eigenvalue weighted by Crippen LogP contribution is 2.12. The van der Waals surface area contributed by atoms with Crippen LogP contribution in [0.25, 0.3) is 0 Å². The summed E-state index contributed by atoms with van der Waals surface area (Å²) < 4.78 is 0. The van der Waals surface area contributed by atoms with Gasteiger partial charge in [0.05, 0.1) is 6.04 Å². The lowest BCUT2D eigenvalue weighted by molar-refractivity contribution is -0.124. The van der Waals surface area contributed by atoms with Crippen molar-refractivity contribution in [3.8, 4) is 0 Å². The summed E-state index contributed by atoms with van der Waals surface area (Å²) in [6, 6.07) is 8.11. The molecule has 0 bridgehead atoms. The first-order valence-corrected chi connectivity index (χ1v) is 7.01. The number of rotatable bonds is 5. The fourth-order valence-corrected chi connectivity index (χ4v) is 1.75. The normalized spacial score (nSPS) is 12.9. The van der Waals surface area contributed by atoms with Crippen molar-refractivity contribution in [3.05, 3.63) is 29.8 Å². The number of benzene rings is 1. The first-order valence-electron chi connectivity index (χ1n) is 7.01. The highest BCUT2D eigenvalue weighted by Gasteiger charge is 2.18. The molecule has 0 aromatic heterocycles. The van der Waals surface area contributed by atoms with Crippen molar-refractivity contribution in [2.45, 2.75) is 45.8 Å². The molecular formula is C16H27N3O. The zero-order valence-electron chi connectivity index (χ0n) is 13.4. The molecule has 0 aliphatic rings. The van der Waals surface area contributed by atoms with Crippen LogP contribution < -0.4 is 15.5 Å². The Kier molecular flexibility index (Phi) is 5.57. The summed E-state index contributed by atoms with van der Waals surface area (Å²) in [6.45, 7) is 8.52. The number of amides is 1. The minimum Gasteiger partial charge on any atom is -0.378 e. The van der Waals surface area contributed by atoms with Gasteiger partial charge in [0, 0.05) is 31.9 Å². The van der Waals surface area contributed by atoms with E-state index in [1.165, 1.54) is 11.3 Å². The van der Waals surface area contributed by atoms with Crippen LogP contribution in [-0.2, 0) is 11.3 Å². The van der Waals surface area contributed by atoms with Crippen molar-refractivity contribution >= 4 is 11.6 Å². The molecule has 112 valence electrons. The standard InChI is InChI=1S/C16H27N3O/c1-12(15(20)18-16(2,3)4)17-11-13-7-9-14(10-8-13)19(5)6/h7-10,12,17H,11H2,1-6H3,(H,18,20). The second-order valence-corrected chi connectivity index (χ2v) is 6.40.